The fourth-order valence-electron chi connectivity index (χ4n) is 1.57. The van der Waals surface area contributed by atoms with Gasteiger partial charge in [0.15, 0.2) is 5.69 Å². The van der Waals surface area contributed by atoms with E-state index in [1.807, 2.05) is 0 Å². The Balaban J connectivity index is 2.53. The molecule has 0 fully saturated rings. The molecule has 2 rings (SSSR count). The summed E-state index contributed by atoms with van der Waals surface area (Å²) in [5, 5.41) is 10.8. The first kappa shape index (κ1) is 12.6. The zero-order chi connectivity index (χ0) is 14.2. The topological polar surface area (TPSA) is 138 Å². The number of hydrogen-bond donors (Lipinski definition) is 2. The highest BCUT2D eigenvalue weighted by Gasteiger charge is 2.19. The minimum Gasteiger partial charge on any atom is -0.420 e. The molecule has 0 bridgehead atoms. The van der Waals surface area contributed by atoms with Gasteiger partial charge < -0.3 is 15.9 Å². The summed E-state index contributed by atoms with van der Waals surface area (Å²) in [7, 11) is 0. The number of rotatable bonds is 3. The molecular weight excluding hydrogens is 252 g/mol. The molecule has 8 nitrogen and oxygen atoms in total. The summed E-state index contributed by atoms with van der Waals surface area (Å²) in [6, 6.07) is 4.43. The largest absolute Gasteiger partial charge is 0.420 e. The lowest BCUT2D eigenvalue weighted by Gasteiger charge is -1.99. The van der Waals surface area contributed by atoms with Gasteiger partial charge in [-0.1, -0.05) is 6.07 Å². The first-order valence-corrected chi connectivity index (χ1v) is 5.21. The van der Waals surface area contributed by atoms with Crippen LogP contribution in [-0.2, 0) is 0 Å². The Morgan fingerprint density at radius 2 is 2.16 bits per heavy atom. The van der Waals surface area contributed by atoms with Crippen LogP contribution in [-0.4, -0.2) is 15.8 Å². The summed E-state index contributed by atoms with van der Waals surface area (Å²) in [6.07, 6.45) is 0. The van der Waals surface area contributed by atoms with Crippen molar-refractivity contribution in [2.75, 3.05) is 5.73 Å². The number of nitrogens with zero attached hydrogens (tertiary/aromatic N) is 2. The van der Waals surface area contributed by atoms with Crippen molar-refractivity contribution in [3.8, 4) is 11.5 Å². The van der Waals surface area contributed by atoms with Gasteiger partial charge in [-0.05, 0) is 13.0 Å². The Kier molecular flexibility index (Phi) is 2.91. The molecule has 0 atom stereocenters. The summed E-state index contributed by atoms with van der Waals surface area (Å²) in [5.41, 5.74) is 11.1. The zero-order valence-electron chi connectivity index (χ0n) is 9.91. The summed E-state index contributed by atoms with van der Waals surface area (Å²) in [4.78, 5) is 25.2. The zero-order valence-corrected chi connectivity index (χ0v) is 9.91. The quantitative estimate of drug-likeness (QED) is 0.630. The van der Waals surface area contributed by atoms with Crippen LogP contribution in [0.3, 0.4) is 0 Å². The van der Waals surface area contributed by atoms with Crippen LogP contribution in [0.1, 0.15) is 16.1 Å². The van der Waals surface area contributed by atoms with Crippen molar-refractivity contribution in [1.82, 2.24) is 4.98 Å². The number of anilines is 1. The fraction of sp³-hybridized carbons (Fsp3) is 0.0909. The van der Waals surface area contributed by atoms with Crippen LogP contribution < -0.4 is 11.5 Å². The summed E-state index contributed by atoms with van der Waals surface area (Å²) in [6.45, 7) is 1.61. The van der Waals surface area contributed by atoms with Crippen LogP contribution in [0.15, 0.2) is 22.6 Å². The van der Waals surface area contributed by atoms with E-state index in [9.17, 15) is 14.9 Å². The molecule has 0 aliphatic rings. The average Bonchev–Trinajstić information content (AvgIpc) is 2.71. The Labute approximate surface area is 107 Å². The first-order chi connectivity index (χ1) is 8.90. The number of primary amides is 1. The number of nitro groups is 1. The van der Waals surface area contributed by atoms with E-state index in [4.69, 9.17) is 15.9 Å². The third kappa shape index (κ3) is 2.23. The van der Waals surface area contributed by atoms with E-state index in [1.165, 1.54) is 6.07 Å². The van der Waals surface area contributed by atoms with E-state index in [1.54, 1.807) is 19.1 Å². The molecule has 0 aliphatic heterocycles. The van der Waals surface area contributed by atoms with Gasteiger partial charge >= 0.3 is 0 Å². The molecule has 0 saturated heterocycles. The molecule has 0 unspecified atom stereocenters. The van der Waals surface area contributed by atoms with E-state index in [0.29, 0.717) is 11.1 Å². The second-order valence-corrected chi connectivity index (χ2v) is 3.85. The maximum Gasteiger partial charge on any atom is 0.273 e. The number of carbonyl (C=O) groups is 1. The molecule has 8 heteroatoms. The normalized spacial score (nSPS) is 10.4. The van der Waals surface area contributed by atoms with Crippen molar-refractivity contribution in [3.63, 3.8) is 0 Å². The molecular formula is C11H10N4O4. The van der Waals surface area contributed by atoms with Crippen molar-refractivity contribution >= 4 is 17.5 Å². The summed E-state index contributed by atoms with van der Waals surface area (Å²) in [5.74, 6) is -1.03. The number of benzene rings is 1. The average molecular weight is 262 g/mol. The number of hydrogen-bond acceptors (Lipinski definition) is 6. The van der Waals surface area contributed by atoms with Crippen molar-refractivity contribution in [2.45, 2.75) is 6.92 Å². The number of nitrogens with two attached hydrogens (primary N) is 2. The number of oxazole rings is 1. The first-order valence-electron chi connectivity index (χ1n) is 5.21. The van der Waals surface area contributed by atoms with Gasteiger partial charge in [-0.3, -0.25) is 14.9 Å². The number of nitrogen functional groups attached to an aromatic ring is 1. The molecule has 1 heterocycles. The van der Waals surface area contributed by atoms with Gasteiger partial charge in [-0.25, -0.2) is 4.98 Å². The van der Waals surface area contributed by atoms with E-state index < -0.39 is 10.8 Å². The molecule has 0 radical (unpaired) electrons. The summed E-state index contributed by atoms with van der Waals surface area (Å²) < 4.78 is 5.08. The summed E-state index contributed by atoms with van der Waals surface area (Å²) >= 11 is 0. The maximum absolute atomic E-state index is 11.0. The van der Waals surface area contributed by atoms with Crippen molar-refractivity contribution in [3.05, 3.63) is 39.6 Å². The van der Waals surface area contributed by atoms with Gasteiger partial charge in [-0.2, -0.15) is 0 Å². The van der Waals surface area contributed by atoms with Crippen molar-refractivity contribution < 1.29 is 14.1 Å². The van der Waals surface area contributed by atoms with E-state index in [-0.39, 0.29) is 23.2 Å². The van der Waals surface area contributed by atoms with Crippen molar-refractivity contribution in [2.24, 2.45) is 5.73 Å². The molecule has 1 amide bonds. The lowest BCUT2D eigenvalue weighted by molar-refractivity contribution is -0.385. The van der Waals surface area contributed by atoms with Gasteiger partial charge in [0.2, 0.25) is 11.8 Å². The highest BCUT2D eigenvalue weighted by Crippen LogP contribution is 2.28. The minimum absolute atomic E-state index is 0.00870. The van der Waals surface area contributed by atoms with Crippen LogP contribution in [0.5, 0.6) is 0 Å². The maximum atomic E-state index is 11.0. The Hall–Kier alpha value is -2.90. The Bertz CT molecular complexity index is 677. The van der Waals surface area contributed by atoms with Crippen LogP contribution >= 0.6 is 0 Å². The smallest absolute Gasteiger partial charge is 0.273 e. The fourth-order valence-corrected chi connectivity index (χ4v) is 1.57. The predicted octanol–water partition coefficient (Wildman–Crippen LogP) is 1.24. The van der Waals surface area contributed by atoms with E-state index in [2.05, 4.69) is 4.98 Å². The van der Waals surface area contributed by atoms with Crippen LogP contribution in [0.25, 0.3) is 11.5 Å². The van der Waals surface area contributed by atoms with Crippen LogP contribution in [0.2, 0.25) is 0 Å². The second-order valence-electron chi connectivity index (χ2n) is 3.85. The van der Waals surface area contributed by atoms with Crippen LogP contribution in [0, 0.1) is 17.0 Å². The molecule has 0 saturated carbocycles. The number of carbonyl (C=O) groups excluding carboxylic acids is 1. The molecule has 1 aromatic carbocycles. The SMILES string of the molecule is Cc1ccc(-c2nc(C(N)=O)c(N)o2)cc1[N+](=O)[O-]. The van der Waals surface area contributed by atoms with E-state index >= 15 is 0 Å². The van der Waals surface area contributed by atoms with Gasteiger partial charge in [-0.15, -0.1) is 0 Å². The highest BCUT2D eigenvalue weighted by atomic mass is 16.6. The van der Waals surface area contributed by atoms with Crippen LogP contribution in [0.4, 0.5) is 11.6 Å². The van der Waals surface area contributed by atoms with Gasteiger partial charge in [0.25, 0.3) is 11.6 Å². The molecule has 19 heavy (non-hydrogen) atoms. The number of aromatic nitrogens is 1. The van der Waals surface area contributed by atoms with Gasteiger partial charge in [0.1, 0.15) is 0 Å². The molecule has 1 aromatic heterocycles. The number of amides is 1. The Morgan fingerprint density at radius 1 is 1.47 bits per heavy atom. The minimum atomic E-state index is -0.825. The lowest BCUT2D eigenvalue weighted by Crippen LogP contribution is -2.13. The lowest BCUT2D eigenvalue weighted by atomic mass is 10.1. The Morgan fingerprint density at radius 3 is 2.68 bits per heavy atom. The third-order valence-corrected chi connectivity index (χ3v) is 2.54. The van der Waals surface area contributed by atoms with E-state index in [0.717, 1.165) is 0 Å². The third-order valence-electron chi connectivity index (χ3n) is 2.54. The van der Waals surface area contributed by atoms with Gasteiger partial charge in [0.05, 0.1) is 4.92 Å². The predicted molar refractivity (Wildman–Crippen MR) is 66.3 cm³/mol. The second kappa shape index (κ2) is 4.41. The highest BCUT2D eigenvalue weighted by molar-refractivity contribution is 5.95. The number of nitro benzene ring substituents is 1. The molecule has 4 N–H and O–H groups in total. The standard InChI is InChI=1S/C11H10N4O4/c1-5-2-3-6(4-7(5)15(17)18)11-14-8(9(12)16)10(13)19-11/h2-4H,13H2,1H3,(H2,12,16). The molecule has 0 spiro atoms. The van der Waals surface area contributed by atoms with Crippen molar-refractivity contribution in [1.29, 1.82) is 0 Å². The number of aryl methyl sites for hydroxylation is 1. The molecule has 98 valence electrons. The monoisotopic (exact) mass is 262 g/mol. The van der Waals surface area contributed by atoms with Gasteiger partial charge in [0, 0.05) is 17.2 Å². The molecule has 0 aliphatic carbocycles. The molecule has 2 aromatic rings.